The molecule has 2 atom stereocenters. The highest BCUT2D eigenvalue weighted by Gasteiger charge is 2.20. The van der Waals surface area contributed by atoms with E-state index in [-0.39, 0.29) is 12.0 Å². The number of nitrogens with two attached hydrogens (primary N) is 1. The Morgan fingerprint density at radius 2 is 2.25 bits per heavy atom. The molecule has 0 fully saturated rings. The van der Waals surface area contributed by atoms with Gasteiger partial charge in [-0.1, -0.05) is 18.5 Å². The average Bonchev–Trinajstić information content (AvgIpc) is 2.30. The van der Waals surface area contributed by atoms with Crippen molar-refractivity contribution in [1.29, 1.82) is 5.26 Å². The predicted octanol–water partition coefficient (Wildman–Crippen LogP) is 2.90. The third kappa shape index (κ3) is 2.66. The molecule has 0 heterocycles. The van der Waals surface area contributed by atoms with Crippen molar-refractivity contribution in [2.24, 2.45) is 11.7 Å². The van der Waals surface area contributed by atoms with Gasteiger partial charge in [0.2, 0.25) is 0 Å². The highest BCUT2D eigenvalue weighted by Crippen LogP contribution is 2.31. The minimum Gasteiger partial charge on any atom is -0.496 e. The molecule has 1 rings (SSSR count). The second-order valence-corrected chi connectivity index (χ2v) is 3.99. The van der Waals surface area contributed by atoms with E-state index in [9.17, 15) is 0 Å². The molecule has 2 N–H and O–H groups in total. The van der Waals surface area contributed by atoms with E-state index >= 15 is 0 Å². The molecular formula is C12H15ClN2O. The van der Waals surface area contributed by atoms with Crippen LogP contribution in [0.25, 0.3) is 0 Å². The topological polar surface area (TPSA) is 59.0 Å². The standard InChI is InChI=1S/C12H15ClN2O/c1-3-8(7-14)12(15)10-6-9(13)4-5-11(10)16-2/h4-6,8,12H,3,15H2,1-2H3. The zero-order valence-corrected chi connectivity index (χ0v) is 10.2. The summed E-state index contributed by atoms with van der Waals surface area (Å²) in [7, 11) is 1.58. The van der Waals surface area contributed by atoms with Crippen LogP contribution < -0.4 is 10.5 Å². The van der Waals surface area contributed by atoms with E-state index in [2.05, 4.69) is 6.07 Å². The molecule has 0 aliphatic carbocycles. The summed E-state index contributed by atoms with van der Waals surface area (Å²) in [5.74, 6) is 0.443. The van der Waals surface area contributed by atoms with Gasteiger partial charge in [-0.2, -0.15) is 5.26 Å². The molecule has 2 unspecified atom stereocenters. The molecular weight excluding hydrogens is 224 g/mol. The first kappa shape index (κ1) is 12.8. The van der Waals surface area contributed by atoms with Gasteiger partial charge in [0.1, 0.15) is 5.75 Å². The van der Waals surface area contributed by atoms with Gasteiger partial charge in [-0.05, 0) is 24.6 Å². The highest BCUT2D eigenvalue weighted by molar-refractivity contribution is 6.30. The quantitative estimate of drug-likeness (QED) is 0.878. The van der Waals surface area contributed by atoms with Gasteiger partial charge < -0.3 is 10.5 Å². The van der Waals surface area contributed by atoms with Gasteiger partial charge >= 0.3 is 0 Å². The third-order valence-electron chi connectivity index (χ3n) is 2.59. The average molecular weight is 239 g/mol. The zero-order valence-electron chi connectivity index (χ0n) is 9.40. The van der Waals surface area contributed by atoms with Crippen LogP contribution in [0.4, 0.5) is 0 Å². The Bertz CT molecular complexity index is 400. The van der Waals surface area contributed by atoms with Crippen molar-refractivity contribution in [3.05, 3.63) is 28.8 Å². The number of nitrogens with zero attached hydrogens (tertiary/aromatic N) is 1. The van der Waals surface area contributed by atoms with E-state index in [0.717, 1.165) is 5.56 Å². The van der Waals surface area contributed by atoms with Gasteiger partial charge in [0.15, 0.2) is 0 Å². The number of ether oxygens (including phenoxy) is 1. The maximum absolute atomic E-state index is 8.99. The summed E-state index contributed by atoms with van der Waals surface area (Å²) >= 11 is 5.91. The molecule has 0 saturated carbocycles. The fraction of sp³-hybridized carbons (Fsp3) is 0.417. The normalized spacial score (nSPS) is 13.9. The van der Waals surface area contributed by atoms with Gasteiger partial charge in [0.05, 0.1) is 19.1 Å². The van der Waals surface area contributed by atoms with Gasteiger partial charge in [0, 0.05) is 16.6 Å². The van der Waals surface area contributed by atoms with E-state index in [4.69, 9.17) is 27.3 Å². The molecule has 0 aliphatic heterocycles. The molecule has 0 radical (unpaired) electrons. The Labute approximate surface area is 101 Å². The van der Waals surface area contributed by atoms with Crippen molar-refractivity contribution in [3.63, 3.8) is 0 Å². The van der Waals surface area contributed by atoms with Crippen LogP contribution in [0, 0.1) is 17.2 Å². The molecule has 0 spiro atoms. The van der Waals surface area contributed by atoms with Crippen LogP contribution in [-0.2, 0) is 0 Å². The van der Waals surface area contributed by atoms with Crippen LogP contribution in [0.3, 0.4) is 0 Å². The smallest absolute Gasteiger partial charge is 0.123 e. The lowest BCUT2D eigenvalue weighted by atomic mass is 9.92. The molecule has 16 heavy (non-hydrogen) atoms. The Kier molecular flexibility index (Phi) is 4.60. The van der Waals surface area contributed by atoms with Crippen LogP contribution >= 0.6 is 11.6 Å². The lowest BCUT2D eigenvalue weighted by Crippen LogP contribution is -2.20. The lowest BCUT2D eigenvalue weighted by molar-refractivity contribution is 0.397. The summed E-state index contributed by atoms with van der Waals surface area (Å²) in [5, 5.41) is 9.58. The Hall–Kier alpha value is -1.24. The summed E-state index contributed by atoms with van der Waals surface area (Å²) in [6.07, 6.45) is 0.702. The molecule has 1 aromatic carbocycles. The number of halogens is 1. The second-order valence-electron chi connectivity index (χ2n) is 3.56. The van der Waals surface area contributed by atoms with Gasteiger partial charge in [0.25, 0.3) is 0 Å². The summed E-state index contributed by atoms with van der Waals surface area (Å²) in [6, 6.07) is 7.09. The molecule has 0 amide bonds. The van der Waals surface area contributed by atoms with Crippen LogP contribution in [0.15, 0.2) is 18.2 Å². The van der Waals surface area contributed by atoms with Gasteiger partial charge in [-0.3, -0.25) is 0 Å². The fourth-order valence-electron chi connectivity index (χ4n) is 1.61. The van der Waals surface area contributed by atoms with Crippen molar-refractivity contribution >= 4 is 11.6 Å². The monoisotopic (exact) mass is 238 g/mol. The van der Waals surface area contributed by atoms with Crippen molar-refractivity contribution in [3.8, 4) is 11.8 Å². The first-order valence-electron chi connectivity index (χ1n) is 5.12. The van der Waals surface area contributed by atoms with Crippen LogP contribution in [0.1, 0.15) is 24.9 Å². The first-order valence-corrected chi connectivity index (χ1v) is 5.50. The Balaban J connectivity index is 3.11. The molecule has 0 saturated heterocycles. The number of nitriles is 1. The molecule has 86 valence electrons. The third-order valence-corrected chi connectivity index (χ3v) is 2.83. The van der Waals surface area contributed by atoms with Crippen molar-refractivity contribution in [1.82, 2.24) is 0 Å². The van der Waals surface area contributed by atoms with Crippen LogP contribution in [0.2, 0.25) is 5.02 Å². The molecule has 3 nitrogen and oxygen atoms in total. The SMILES string of the molecule is CCC(C#N)C(N)c1cc(Cl)ccc1OC. The number of rotatable bonds is 4. The first-order chi connectivity index (χ1) is 7.63. The number of hydrogen-bond acceptors (Lipinski definition) is 3. The minimum absolute atomic E-state index is 0.229. The van der Waals surface area contributed by atoms with Crippen molar-refractivity contribution < 1.29 is 4.74 Å². The van der Waals surface area contributed by atoms with E-state index in [0.29, 0.717) is 17.2 Å². The molecule has 0 bridgehead atoms. The Morgan fingerprint density at radius 3 is 2.75 bits per heavy atom. The van der Waals surface area contributed by atoms with E-state index in [1.165, 1.54) is 0 Å². The fourth-order valence-corrected chi connectivity index (χ4v) is 1.79. The highest BCUT2D eigenvalue weighted by atomic mass is 35.5. The molecule has 4 heteroatoms. The maximum Gasteiger partial charge on any atom is 0.123 e. The van der Waals surface area contributed by atoms with Gasteiger partial charge in [-0.15, -0.1) is 0 Å². The van der Waals surface area contributed by atoms with E-state index in [1.807, 2.05) is 6.92 Å². The molecule has 1 aromatic rings. The number of methoxy groups -OCH3 is 1. The number of benzene rings is 1. The minimum atomic E-state index is -0.372. The summed E-state index contributed by atoms with van der Waals surface area (Å²) in [5.41, 5.74) is 6.83. The van der Waals surface area contributed by atoms with Gasteiger partial charge in [-0.25, -0.2) is 0 Å². The van der Waals surface area contributed by atoms with Crippen LogP contribution in [0.5, 0.6) is 5.75 Å². The summed E-state index contributed by atoms with van der Waals surface area (Å²) in [4.78, 5) is 0. The predicted molar refractivity (Wildman–Crippen MR) is 64.3 cm³/mol. The summed E-state index contributed by atoms with van der Waals surface area (Å²) in [6.45, 7) is 1.94. The molecule has 0 aliphatic rings. The second kappa shape index (κ2) is 5.74. The van der Waals surface area contributed by atoms with E-state index in [1.54, 1.807) is 25.3 Å². The van der Waals surface area contributed by atoms with Crippen molar-refractivity contribution in [2.75, 3.05) is 7.11 Å². The number of hydrogen-bond donors (Lipinski definition) is 1. The van der Waals surface area contributed by atoms with Crippen molar-refractivity contribution in [2.45, 2.75) is 19.4 Å². The maximum atomic E-state index is 8.99. The zero-order chi connectivity index (χ0) is 12.1. The van der Waals surface area contributed by atoms with E-state index < -0.39 is 0 Å². The largest absolute Gasteiger partial charge is 0.496 e. The lowest BCUT2D eigenvalue weighted by Gasteiger charge is -2.19. The summed E-state index contributed by atoms with van der Waals surface area (Å²) < 4.78 is 5.21. The van der Waals surface area contributed by atoms with Crippen LogP contribution in [-0.4, -0.2) is 7.11 Å². The Morgan fingerprint density at radius 1 is 1.56 bits per heavy atom. The molecule has 0 aromatic heterocycles.